The number of aromatic amines is 1. The molecule has 0 aliphatic heterocycles. The van der Waals surface area contributed by atoms with E-state index < -0.39 is 17.9 Å². The van der Waals surface area contributed by atoms with E-state index in [1.807, 2.05) is 0 Å². The normalized spacial score (nSPS) is 12.1. The number of amides is 1. The Kier molecular flexibility index (Phi) is 4.40. The number of H-pyrrole nitrogens is 1. The average Bonchev–Trinajstić information content (AvgIpc) is 2.75. The Hall–Kier alpha value is -1.96. The number of carbonyl (C=O) groups is 2. The van der Waals surface area contributed by atoms with Crippen LogP contribution in [0.15, 0.2) is 6.33 Å². The van der Waals surface area contributed by atoms with Crippen molar-refractivity contribution in [3.8, 4) is 0 Å². The van der Waals surface area contributed by atoms with Gasteiger partial charge in [-0.05, 0) is 6.42 Å². The summed E-state index contributed by atoms with van der Waals surface area (Å²) in [5.74, 6) is -0.866. The molecule has 0 aromatic carbocycles. The summed E-state index contributed by atoms with van der Waals surface area (Å²) >= 11 is 0. The lowest BCUT2D eigenvalue weighted by Crippen LogP contribution is -2.40. The number of aromatic nitrogens is 3. The van der Waals surface area contributed by atoms with Crippen molar-refractivity contribution in [1.29, 1.82) is 0 Å². The second kappa shape index (κ2) is 5.81. The van der Waals surface area contributed by atoms with E-state index in [0.29, 0.717) is 5.82 Å². The van der Waals surface area contributed by atoms with Gasteiger partial charge in [-0.2, -0.15) is 5.10 Å². The van der Waals surface area contributed by atoms with Gasteiger partial charge in [0.1, 0.15) is 12.2 Å². The lowest BCUT2D eigenvalue weighted by molar-refractivity contribution is -0.137. The van der Waals surface area contributed by atoms with E-state index in [9.17, 15) is 9.59 Å². The number of nitrogens with one attached hydrogen (secondary N) is 2. The van der Waals surface area contributed by atoms with Gasteiger partial charge in [0.2, 0.25) is 5.91 Å². The van der Waals surface area contributed by atoms with Crippen LogP contribution in [-0.4, -0.2) is 38.2 Å². The van der Waals surface area contributed by atoms with Crippen molar-refractivity contribution in [3.63, 3.8) is 0 Å². The molecule has 8 nitrogen and oxygen atoms in total. The minimum atomic E-state index is -0.974. The van der Waals surface area contributed by atoms with Crippen LogP contribution in [-0.2, 0) is 16.1 Å². The topological polar surface area (TPSA) is 134 Å². The van der Waals surface area contributed by atoms with Gasteiger partial charge in [0, 0.05) is 6.42 Å². The van der Waals surface area contributed by atoms with Crippen molar-refractivity contribution in [2.24, 2.45) is 5.73 Å². The number of carbonyl (C=O) groups excluding carboxylic acids is 1. The molecular weight excluding hydrogens is 214 g/mol. The highest BCUT2D eigenvalue weighted by molar-refractivity contribution is 5.82. The molecule has 1 amide bonds. The van der Waals surface area contributed by atoms with Gasteiger partial charge in [0.25, 0.3) is 0 Å². The molecule has 0 fully saturated rings. The highest BCUT2D eigenvalue weighted by Crippen LogP contribution is 1.95. The van der Waals surface area contributed by atoms with Gasteiger partial charge < -0.3 is 16.2 Å². The van der Waals surface area contributed by atoms with E-state index in [0.717, 1.165) is 0 Å². The summed E-state index contributed by atoms with van der Waals surface area (Å²) in [5.41, 5.74) is 5.48. The maximum absolute atomic E-state index is 11.4. The van der Waals surface area contributed by atoms with Crippen LogP contribution in [0.5, 0.6) is 0 Å². The third-order valence-electron chi connectivity index (χ3n) is 1.90. The number of hydrogen-bond acceptors (Lipinski definition) is 5. The predicted octanol–water partition coefficient (Wildman–Crippen LogP) is -1.39. The van der Waals surface area contributed by atoms with Gasteiger partial charge in [-0.25, -0.2) is 4.98 Å². The highest BCUT2D eigenvalue weighted by Gasteiger charge is 2.14. The molecule has 16 heavy (non-hydrogen) atoms. The Morgan fingerprint density at radius 2 is 2.38 bits per heavy atom. The number of rotatable bonds is 6. The third-order valence-corrected chi connectivity index (χ3v) is 1.90. The van der Waals surface area contributed by atoms with E-state index in [2.05, 4.69) is 20.5 Å². The minimum absolute atomic E-state index is 0.109. The second-order valence-corrected chi connectivity index (χ2v) is 3.19. The molecule has 1 rings (SSSR count). The van der Waals surface area contributed by atoms with Crippen LogP contribution in [0.25, 0.3) is 0 Å². The Bertz CT molecular complexity index is 351. The Labute approximate surface area is 91.2 Å². The molecule has 1 atom stereocenters. The fraction of sp³-hybridized carbons (Fsp3) is 0.500. The van der Waals surface area contributed by atoms with Crippen LogP contribution >= 0.6 is 0 Å². The summed E-state index contributed by atoms with van der Waals surface area (Å²) in [7, 11) is 0. The van der Waals surface area contributed by atoms with Crippen molar-refractivity contribution in [2.45, 2.75) is 25.4 Å². The molecule has 1 aromatic rings. The summed E-state index contributed by atoms with van der Waals surface area (Å²) in [6, 6.07) is -0.820. The van der Waals surface area contributed by atoms with Crippen LogP contribution in [0.4, 0.5) is 0 Å². The summed E-state index contributed by atoms with van der Waals surface area (Å²) in [6.45, 7) is 0.194. The standard InChI is InChI=1S/C8H13N5O3/c9-5(1-2-7(14)15)8(16)10-3-6-11-4-12-13-6/h4-5H,1-3,9H2,(H,10,16)(H,14,15)(H,11,12,13). The smallest absolute Gasteiger partial charge is 0.303 e. The van der Waals surface area contributed by atoms with E-state index in [1.165, 1.54) is 6.33 Å². The molecule has 1 heterocycles. The maximum Gasteiger partial charge on any atom is 0.303 e. The number of carboxylic acids is 1. The van der Waals surface area contributed by atoms with Crippen LogP contribution in [0.2, 0.25) is 0 Å². The molecule has 0 aliphatic rings. The summed E-state index contributed by atoms with van der Waals surface area (Å²) in [4.78, 5) is 25.4. The van der Waals surface area contributed by atoms with Crippen LogP contribution in [0, 0.1) is 0 Å². The number of nitrogens with zero attached hydrogens (tertiary/aromatic N) is 2. The van der Waals surface area contributed by atoms with E-state index in [4.69, 9.17) is 10.8 Å². The third kappa shape index (κ3) is 4.05. The molecule has 1 aromatic heterocycles. The minimum Gasteiger partial charge on any atom is -0.481 e. The average molecular weight is 227 g/mol. The zero-order chi connectivity index (χ0) is 12.0. The van der Waals surface area contributed by atoms with Gasteiger partial charge >= 0.3 is 5.97 Å². The molecule has 0 aliphatic carbocycles. The molecule has 0 spiro atoms. The fourth-order valence-corrected chi connectivity index (χ4v) is 1.03. The van der Waals surface area contributed by atoms with E-state index >= 15 is 0 Å². The first kappa shape index (κ1) is 12.1. The largest absolute Gasteiger partial charge is 0.481 e. The molecule has 5 N–H and O–H groups in total. The van der Waals surface area contributed by atoms with Gasteiger partial charge in [-0.1, -0.05) is 0 Å². The molecule has 0 saturated heterocycles. The van der Waals surface area contributed by atoms with Crippen LogP contribution in [0.1, 0.15) is 18.7 Å². The molecule has 88 valence electrons. The number of aliphatic carboxylic acids is 1. The van der Waals surface area contributed by atoms with Crippen molar-refractivity contribution in [1.82, 2.24) is 20.5 Å². The first-order chi connectivity index (χ1) is 7.59. The molecule has 8 heteroatoms. The molecular formula is C8H13N5O3. The summed E-state index contributed by atoms with van der Waals surface area (Å²) < 4.78 is 0. The van der Waals surface area contributed by atoms with Crippen molar-refractivity contribution in [3.05, 3.63) is 12.2 Å². The van der Waals surface area contributed by atoms with E-state index in [1.54, 1.807) is 0 Å². The molecule has 0 saturated carbocycles. The SMILES string of the molecule is NC(CCC(=O)O)C(=O)NCc1ncn[nH]1. The number of carboxylic acid groups (broad SMARTS) is 1. The highest BCUT2D eigenvalue weighted by atomic mass is 16.4. The van der Waals surface area contributed by atoms with Crippen molar-refractivity contribution < 1.29 is 14.7 Å². The monoisotopic (exact) mass is 227 g/mol. The van der Waals surface area contributed by atoms with Crippen LogP contribution < -0.4 is 11.1 Å². The lowest BCUT2D eigenvalue weighted by Gasteiger charge is -2.09. The Balaban J connectivity index is 2.26. The Morgan fingerprint density at radius 3 is 2.94 bits per heavy atom. The quantitative estimate of drug-likeness (QED) is 0.473. The zero-order valence-electron chi connectivity index (χ0n) is 8.51. The van der Waals surface area contributed by atoms with Crippen LogP contribution in [0.3, 0.4) is 0 Å². The second-order valence-electron chi connectivity index (χ2n) is 3.19. The maximum atomic E-state index is 11.4. The van der Waals surface area contributed by atoms with Gasteiger partial charge in [0.15, 0.2) is 0 Å². The van der Waals surface area contributed by atoms with E-state index in [-0.39, 0.29) is 19.4 Å². The number of nitrogens with two attached hydrogens (primary N) is 1. The molecule has 0 radical (unpaired) electrons. The van der Waals surface area contributed by atoms with Crippen molar-refractivity contribution in [2.75, 3.05) is 0 Å². The zero-order valence-corrected chi connectivity index (χ0v) is 8.51. The number of hydrogen-bond donors (Lipinski definition) is 4. The van der Waals surface area contributed by atoms with Gasteiger partial charge in [-0.3, -0.25) is 14.7 Å². The molecule has 1 unspecified atom stereocenters. The first-order valence-electron chi connectivity index (χ1n) is 4.69. The predicted molar refractivity (Wildman–Crippen MR) is 53.1 cm³/mol. The summed E-state index contributed by atoms with van der Waals surface area (Å²) in [5, 5.41) is 17.1. The molecule has 0 bridgehead atoms. The van der Waals surface area contributed by atoms with Gasteiger partial charge in [-0.15, -0.1) is 0 Å². The van der Waals surface area contributed by atoms with Crippen molar-refractivity contribution >= 4 is 11.9 Å². The Morgan fingerprint density at radius 1 is 1.62 bits per heavy atom. The first-order valence-corrected chi connectivity index (χ1v) is 4.69. The fourth-order valence-electron chi connectivity index (χ4n) is 1.03. The van der Waals surface area contributed by atoms with Gasteiger partial charge in [0.05, 0.1) is 12.6 Å². The summed E-state index contributed by atoms with van der Waals surface area (Å²) in [6.07, 6.45) is 1.31. The lowest BCUT2D eigenvalue weighted by atomic mass is 10.1.